The molecule has 2 amide bonds. The maximum Gasteiger partial charge on any atom is 0.253 e. The molecule has 1 saturated heterocycles. The number of aromatic nitrogens is 3. The van der Waals surface area contributed by atoms with Crippen molar-refractivity contribution >= 4 is 28.5 Å². The maximum absolute atomic E-state index is 12.9. The van der Waals surface area contributed by atoms with Crippen molar-refractivity contribution in [1.82, 2.24) is 19.9 Å². The van der Waals surface area contributed by atoms with Crippen molar-refractivity contribution in [2.24, 2.45) is 5.92 Å². The molecule has 1 aromatic heterocycles. The molecule has 2 aromatic carbocycles. The van der Waals surface area contributed by atoms with Crippen molar-refractivity contribution < 1.29 is 14.3 Å². The van der Waals surface area contributed by atoms with Crippen LogP contribution in [0.25, 0.3) is 11.0 Å². The number of carbonyl (C=O) groups is 2. The Morgan fingerprint density at radius 1 is 1.13 bits per heavy atom. The largest absolute Gasteiger partial charge is 0.497 e. The summed E-state index contributed by atoms with van der Waals surface area (Å²) in [4.78, 5) is 27.3. The molecule has 3 aromatic rings. The number of ether oxygens (including phenoxy) is 1. The van der Waals surface area contributed by atoms with E-state index in [1.807, 2.05) is 48.2 Å². The minimum Gasteiger partial charge on any atom is -0.497 e. The number of benzene rings is 2. The highest BCUT2D eigenvalue weighted by molar-refractivity contribution is 5.98. The van der Waals surface area contributed by atoms with Crippen LogP contribution in [0.4, 0.5) is 5.69 Å². The molecular weight excluding hydrogens is 382 g/mol. The fourth-order valence-electron chi connectivity index (χ4n) is 3.78. The van der Waals surface area contributed by atoms with Crippen LogP contribution in [0, 0.1) is 5.92 Å². The zero-order valence-electron chi connectivity index (χ0n) is 17.2. The third kappa shape index (κ3) is 3.98. The fourth-order valence-corrected chi connectivity index (χ4v) is 3.78. The van der Waals surface area contributed by atoms with Crippen LogP contribution in [-0.4, -0.2) is 51.9 Å². The highest BCUT2D eigenvalue weighted by Gasteiger charge is 2.28. The number of hydrogen-bond donors (Lipinski definition) is 1. The minimum absolute atomic E-state index is 0.00938. The summed E-state index contributed by atoms with van der Waals surface area (Å²) in [6.07, 6.45) is 1.28. The average molecular weight is 407 g/mol. The van der Waals surface area contributed by atoms with E-state index in [1.165, 1.54) is 0 Å². The zero-order valence-corrected chi connectivity index (χ0v) is 17.2. The Kier molecular flexibility index (Phi) is 5.65. The molecule has 1 aliphatic heterocycles. The third-order valence-corrected chi connectivity index (χ3v) is 5.57. The summed E-state index contributed by atoms with van der Waals surface area (Å²) in [5.41, 5.74) is 2.99. The van der Waals surface area contributed by atoms with Gasteiger partial charge in [0.1, 0.15) is 11.3 Å². The number of piperidine rings is 1. The summed E-state index contributed by atoms with van der Waals surface area (Å²) in [6.45, 7) is 3.84. The molecule has 1 aliphatic rings. The second-order valence-corrected chi connectivity index (χ2v) is 7.39. The van der Waals surface area contributed by atoms with Gasteiger partial charge in [0.2, 0.25) is 5.91 Å². The summed E-state index contributed by atoms with van der Waals surface area (Å²) in [5, 5.41) is 11.2. The van der Waals surface area contributed by atoms with Crippen LogP contribution in [0.15, 0.2) is 42.5 Å². The minimum atomic E-state index is -0.108. The Hall–Kier alpha value is -3.42. The van der Waals surface area contributed by atoms with E-state index in [9.17, 15) is 9.59 Å². The number of carbonyl (C=O) groups excluding carboxylic acids is 2. The molecule has 0 aliphatic carbocycles. The first-order valence-corrected chi connectivity index (χ1v) is 10.2. The van der Waals surface area contributed by atoms with Crippen LogP contribution in [0.3, 0.4) is 0 Å². The lowest BCUT2D eigenvalue weighted by atomic mass is 9.95. The lowest BCUT2D eigenvalue weighted by Gasteiger charge is -2.31. The molecule has 2 heterocycles. The molecule has 30 heavy (non-hydrogen) atoms. The lowest BCUT2D eigenvalue weighted by molar-refractivity contribution is -0.121. The van der Waals surface area contributed by atoms with Crippen LogP contribution >= 0.6 is 0 Å². The number of nitrogens with zero attached hydrogens (tertiary/aromatic N) is 4. The van der Waals surface area contributed by atoms with Gasteiger partial charge in [-0.1, -0.05) is 5.21 Å². The van der Waals surface area contributed by atoms with E-state index >= 15 is 0 Å². The third-order valence-electron chi connectivity index (χ3n) is 5.57. The first-order chi connectivity index (χ1) is 14.6. The molecule has 156 valence electrons. The standard InChI is InChI=1S/C22H25N5O3/c1-3-27-20-9-4-16(14-19(20)24-25-27)22(29)26-12-10-15(11-13-26)21(28)23-17-5-7-18(30-2)8-6-17/h4-9,14-15H,3,10-13H2,1-2H3,(H,23,28). The van der Waals surface area contributed by atoms with E-state index < -0.39 is 0 Å². The summed E-state index contributed by atoms with van der Waals surface area (Å²) >= 11 is 0. The van der Waals surface area contributed by atoms with Crippen molar-refractivity contribution in [3.63, 3.8) is 0 Å². The van der Waals surface area contributed by atoms with Gasteiger partial charge in [0, 0.05) is 36.8 Å². The molecule has 1 fully saturated rings. The van der Waals surface area contributed by atoms with Crippen LogP contribution in [0.2, 0.25) is 0 Å². The monoisotopic (exact) mass is 407 g/mol. The van der Waals surface area contributed by atoms with Gasteiger partial charge in [0.25, 0.3) is 5.91 Å². The summed E-state index contributed by atoms with van der Waals surface area (Å²) in [7, 11) is 1.61. The molecule has 1 N–H and O–H groups in total. The van der Waals surface area contributed by atoms with Gasteiger partial charge in [0.15, 0.2) is 0 Å². The smallest absolute Gasteiger partial charge is 0.253 e. The number of fused-ring (bicyclic) bond motifs is 1. The number of methoxy groups -OCH3 is 1. The normalized spacial score (nSPS) is 14.7. The van der Waals surface area contributed by atoms with Crippen molar-refractivity contribution in [1.29, 1.82) is 0 Å². The van der Waals surface area contributed by atoms with Crippen molar-refractivity contribution in [3.8, 4) is 5.75 Å². The second-order valence-electron chi connectivity index (χ2n) is 7.39. The van der Waals surface area contributed by atoms with Crippen LogP contribution in [-0.2, 0) is 11.3 Å². The number of anilines is 1. The average Bonchev–Trinajstić information content (AvgIpc) is 3.21. The second kappa shape index (κ2) is 8.52. The predicted octanol–water partition coefficient (Wildman–Crippen LogP) is 2.95. The molecule has 4 rings (SSSR count). The first kappa shape index (κ1) is 19.9. The number of hydrogen-bond acceptors (Lipinski definition) is 5. The highest BCUT2D eigenvalue weighted by Crippen LogP contribution is 2.23. The molecule has 0 atom stereocenters. The molecule has 0 unspecified atom stereocenters. The number of likely N-dealkylation sites (tertiary alicyclic amines) is 1. The molecule has 0 spiro atoms. The SMILES string of the molecule is CCn1nnc2cc(C(=O)N3CCC(C(=O)Nc4ccc(OC)cc4)CC3)ccc21. The van der Waals surface area contributed by atoms with Crippen LogP contribution in [0.5, 0.6) is 5.75 Å². The van der Waals surface area contributed by atoms with Gasteiger partial charge in [-0.15, -0.1) is 5.10 Å². The first-order valence-electron chi connectivity index (χ1n) is 10.2. The van der Waals surface area contributed by atoms with Crippen LogP contribution < -0.4 is 10.1 Å². The summed E-state index contributed by atoms with van der Waals surface area (Å²) < 4.78 is 6.94. The number of nitrogens with one attached hydrogen (secondary N) is 1. The Morgan fingerprint density at radius 3 is 2.53 bits per heavy atom. The number of amides is 2. The van der Waals surface area contributed by atoms with Gasteiger partial charge in [-0.05, 0) is 62.2 Å². The summed E-state index contributed by atoms with van der Waals surface area (Å²) in [6, 6.07) is 12.8. The van der Waals surface area contributed by atoms with E-state index in [2.05, 4.69) is 15.6 Å². The lowest BCUT2D eigenvalue weighted by Crippen LogP contribution is -2.41. The van der Waals surface area contributed by atoms with Crippen molar-refractivity contribution in [2.75, 3.05) is 25.5 Å². The predicted molar refractivity (Wildman–Crippen MR) is 113 cm³/mol. The molecule has 8 nitrogen and oxygen atoms in total. The number of aryl methyl sites for hydroxylation is 1. The molecule has 0 bridgehead atoms. The molecule has 0 radical (unpaired) electrons. The maximum atomic E-state index is 12.9. The van der Waals surface area contributed by atoms with E-state index in [-0.39, 0.29) is 17.7 Å². The molecule has 8 heteroatoms. The van der Waals surface area contributed by atoms with Crippen molar-refractivity contribution in [3.05, 3.63) is 48.0 Å². The van der Waals surface area contributed by atoms with Gasteiger partial charge < -0.3 is 15.0 Å². The topological polar surface area (TPSA) is 89.4 Å². The Bertz CT molecular complexity index is 1050. The summed E-state index contributed by atoms with van der Waals surface area (Å²) in [5.74, 6) is 0.597. The van der Waals surface area contributed by atoms with Crippen LogP contribution in [0.1, 0.15) is 30.1 Å². The fraction of sp³-hybridized carbons (Fsp3) is 0.364. The number of rotatable bonds is 5. The van der Waals surface area contributed by atoms with Crippen molar-refractivity contribution in [2.45, 2.75) is 26.3 Å². The van der Waals surface area contributed by atoms with E-state index in [0.717, 1.165) is 29.0 Å². The van der Waals surface area contributed by atoms with Gasteiger partial charge in [0.05, 0.1) is 12.6 Å². The van der Waals surface area contributed by atoms with Gasteiger partial charge >= 0.3 is 0 Å². The Labute approximate surface area is 174 Å². The van der Waals surface area contributed by atoms with Gasteiger partial charge in [-0.25, -0.2) is 4.68 Å². The quantitative estimate of drug-likeness (QED) is 0.702. The highest BCUT2D eigenvalue weighted by atomic mass is 16.5. The Balaban J connectivity index is 1.35. The zero-order chi connectivity index (χ0) is 21.1. The van der Waals surface area contributed by atoms with Gasteiger partial charge in [-0.2, -0.15) is 0 Å². The molecule has 0 saturated carbocycles. The van der Waals surface area contributed by atoms with E-state index in [4.69, 9.17) is 4.74 Å². The molecular formula is C22H25N5O3. The van der Waals surface area contributed by atoms with E-state index in [0.29, 0.717) is 31.5 Å². The van der Waals surface area contributed by atoms with Gasteiger partial charge in [-0.3, -0.25) is 9.59 Å². The Morgan fingerprint density at radius 2 is 1.87 bits per heavy atom. The van der Waals surface area contributed by atoms with E-state index in [1.54, 1.807) is 17.9 Å².